The predicted molar refractivity (Wildman–Crippen MR) is 113 cm³/mol. The first kappa shape index (κ1) is 18.7. The van der Waals surface area contributed by atoms with Gasteiger partial charge in [-0.15, -0.1) is 0 Å². The lowest BCUT2D eigenvalue weighted by Crippen LogP contribution is -2.29. The van der Waals surface area contributed by atoms with Crippen LogP contribution in [-0.2, 0) is 0 Å². The molecule has 1 saturated heterocycles. The first-order chi connectivity index (χ1) is 14.0. The molecule has 0 aliphatic carbocycles. The second-order valence-corrected chi connectivity index (χ2v) is 7.33. The van der Waals surface area contributed by atoms with Crippen LogP contribution in [-0.4, -0.2) is 28.0 Å². The van der Waals surface area contributed by atoms with Gasteiger partial charge >= 0.3 is 0 Å². The summed E-state index contributed by atoms with van der Waals surface area (Å²) in [6, 6.07) is 13.1. The van der Waals surface area contributed by atoms with Crippen LogP contribution in [0, 0.1) is 28.4 Å². The molecule has 1 N–H and O–H groups in total. The average Bonchev–Trinajstić information content (AvgIpc) is 3.15. The van der Waals surface area contributed by atoms with Gasteiger partial charge in [0.15, 0.2) is 0 Å². The highest BCUT2D eigenvalue weighted by Crippen LogP contribution is 2.32. The van der Waals surface area contributed by atoms with Crippen molar-refractivity contribution < 1.29 is 4.92 Å². The van der Waals surface area contributed by atoms with Crippen LogP contribution in [0.3, 0.4) is 0 Å². The smallest absolute Gasteiger partial charge is 0.293 e. The summed E-state index contributed by atoms with van der Waals surface area (Å²) in [7, 11) is 0. The number of benzene rings is 2. The minimum atomic E-state index is -0.350. The Hall–Kier alpha value is -3.66. The Balaban J connectivity index is 1.72. The molecule has 1 aliphatic rings. The Morgan fingerprint density at radius 2 is 2.03 bits per heavy atom. The van der Waals surface area contributed by atoms with Gasteiger partial charge in [-0.05, 0) is 61.6 Å². The largest absolute Gasteiger partial charge is 0.366 e. The second-order valence-electron chi connectivity index (χ2n) is 7.33. The lowest BCUT2D eigenvalue weighted by atomic mass is 10.1. The number of nitrogens with zero attached hydrogens (tertiary/aromatic N) is 4. The Morgan fingerprint density at radius 1 is 1.24 bits per heavy atom. The van der Waals surface area contributed by atoms with Gasteiger partial charge < -0.3 is 9.88 Å². The van der Waals surface area contributed by atoms with Gasteiger partial charge in [0.1, 0.15) is 17.6 Å². The van der Waals surface area contributed by atoms with E-state index in [9.17, 15) is 15.4 Å². The third-order valence-corrected chi connectivity index (χ3v) is 5.22. The van der Waals surface area contributed by atoms with E-state index >= 15 is 0 Å². The number of nitro benzene ring substituents is 1. The van der Waals surface area contributed by atoms with E-state index in [1.165, 1.54) is 6.07 Å². The van der Waals surface area contributed by atoms with E-state index in [0.29, 0.717) is 22.6 Å². The lowest BCUT2D eigenvalue weighted by molar-refractivity contribution is -0.384. The van der Waals surface area contributed by atoms with Crippen molar-refractivity contribution in [3.05, 3.63) is 63.5 Å². The summed E-state index contributed by atoms with van der Waals surface area (Å²) in [6.07, 6.45) is 4.89. The topological polar surface area (TPSA) is 98.8 Å². The van der Waals surface area contributed by atoms with Crippen LogP contribution in [0.15, 0.2) is 36.4 Å². The number of hydrogen-bond acceptors (Lipinski definition) is 5. The maximum absolute atomic E-state index is 11.7. The summed E-state index contributed by atoms with van der Waals surface area (Å²) in [5, 5.41) is 21.3. The molecular weight excluding hydrogens is 366 g/mol. The van der Waals surface area contributed by atoms with E-state index in [2.05, 4.69) is 20.9 Å². The molecule has 0 unspecified atom stereocenters. The molecule has 0 atom stereocenters. The summed E-state index contributed by atoms with van der Waals surface area (Å²) in [5.41, 5.74) is 4.37. The number of anilines is 1. The van der Waals surface area contributed by atoms with E-state index in [0.717, 1.165) is 48.9 Å². The van der Waals surface area contributed by atoms with Crippen molar-refractivity contribution in [3.8, 4) is 6.07 Å². The van der Waals surface area contributed by atoms with Crippen molar-refractivity contribution in [2.75, 3.05) is 18.0 Å². The fraction of sp³-hybridized carbons (Fsp3) is 0.273. The number of nitrogens with one attached hydrogen (secondary N) is 1. The van der Waals surface area contributed by atoms with Crippen molar-refractivity contribution in [1.29, 1.82) is 5.26 Å². The van der Waals surface area contributed by atoms with Gasteiger partial charge in [0.25, 0.3) is 5.69 Å². The summed E-state index contributed by atoms with van der Waals surface area (Å²) >= 11 is 0. The predicted octanol–water partition coefficient (Wildman–Crippen LogP) is 4.83. The van der Waals surface area contributed by atoms with Crippen LogP contribution < -0.4 is 4.90 Å². The number of nitriles is 1. The molecule has 7 heteroatoms. The van der Waals surface area contributed by atoms with Gasteiger partial charge in [-0.2, -0.15) is 5.26 Å². The number of H-pyrrole nitrogens is 1. The SMILES string of the molecule is Cc1ccc2nc(/C(C#N)=C/c3ccc(N4CCCCC4)c([N+](=O)[O-])c3)[nH]c2c1. The van der Waals surface area contributed by atoms with E-state index < -0.39 is 0 Å². The van der Waals surface area contributed by atoms with Crippen LogP contribution in [0.2, 0.25) is 0 Å². The fourth-order valence-corrected chi connectivity index (χ4v) is 3.75. The highest BCUT2D eigenvalue weighted by atomic mass is 16.6. The number of aryl methyl sites for hydroxylation is 1. The van der Waals surface area contributed by atoms with Crippen molar-refractivity contribution in [1.82, 2.24) is 9.97 Å². The molecule has 4 rings (SSSR count). The maximum atomic E-state index is 11.7. The number of nitro groups is 1. The molecule has 29 heavy (non-hydrogen) atoms. The zero-order chi connectivity index (χ0) is 20.4. The quantitative estimate of drug-likeness (QED) is 0.392. The monoisotopic (exact) mass is 387 g/mol. The Kier molecular flexibility index (Phi) is 5.00. The molecule has 0 bridgehead atoms. The molecule has 1 fully saturated rings. The normalized spacial score (nSPS) is 14.8. The lowest BCUT2D eigenvalue weighted by Gasteiger charge is -2.28. The summed E-state index contributed by atoms with van der Waals surface area (Å²) in [5.74, 6) is 0.455. The van der Waals surface area contributed by atoms with E-state index in [1.807, 2.05) is 31.2 Å². The molecule has 7 nitrogen and oxygen atoms in total. The molecule has 0 saturated carbocycles. The average molecular weight is 387 g/mol. The number of allylic oxidation sites excluding steroid dienone is 1. The van der Waals surface area contributed by atoms with Crippen molar-refractivity contribution in [2.24, 2.45) is 0 Å². The molecule has 1 aromatic heterocycles. The van der Waals surface area contributed by atoms with Crippen LogP contribution in [0.25, 0.3) is 22.7 Å². The summed E-state index contributed by atoms with van der Waals surface area (Å²) in [4.78, 5) is 21.0. The summed E-state index contributed by atoms with van der Waals surface area (Å²) in [6.45, 7) is 3.65. The number of aromatic amines is 1. The minimum absolute atomic E-state index is 0.0678. The molecule has 146 valence electrons. The van der Waals surface area contributed by atoms with Crippen LogP contribution in [0.4, 0.5) is 11.4 Å². The van der Waals surface area contributed by atoms with Crippen molar-refractivity contribution >= 4 is 34.1 Å². The van der Waals surface area contributed by atoms with Gasteiger partial charge in [0.2, 0.25) is 0 Å². The van der Waals surface area contributed by atoms with E-state index in [4.69, 9.17) is 0 Å². The molecular formula is C22H21N5O2. The minimum Gasteiger partial charge on any atom is -0.366 e. The number of hydrogen-bond donors (Lipinski definition) is 1. The second kappa shape index (κ2) is 7.76. The van der Waals surface area contributed by atoms with Gasteiger partial charge in [0.05, 0.1) is 21.5 Å². The standard InChI is InChI=1S/C22H21N5O2/c1-15-5-7-18-19(11-15)25-22(24-18)17(14-23)12-16-6-8-20(21(13-16)27(28)29)26-9-3-2-4-10-26/h5-8,11-13H,2-4,9-10H2,1H3,(H,24,25)/b17-12+. The fourth-order valence-electron chi connectivity index (χ4n) is 3.75. The Morgan fingerprint density at radius 3 is 2.76 bits per heavy atom. The Labute approximate surface area is 168 Å². The first-order valence-electron chi connectivity index (χ1n) is 9.67. The van der Waals surface area contributed by atoms with Crippen LogP contribution in [0.5, 0.6) is 0 Å². The zero-order valence-corrected chi connectivity index (χ0v) is 16.2. The third-order valence-electron chi connectivity index (χ3n) is 5.22. The van der Waals surface area contributed by atoms with E-state index in [-0.39, 0.29) is 10.6 Å². The van der Waals surface area contributed by atoms with Crippen LogP contribution in [0.1, 0.15) is 36.2 Å². The zero-order valence-electron chi connectivity index (χ0n) is 16.2. The van der Waals surface area contributed by atoms with Crippen molar-refractivity contribution in [2.45, 2.75) is 26.2 Å². The highest BCUT2D eigenvalue weighted by Gasteiger charge is 2.21. The molecule has 2 aromatic carbocycles. The summed E-state index contributed by atoms with van der Waals surface area (Å²) < 4.78 is 0. The van der Waals surface area contributed by atoms with Gasteiger partial charge in [-0.25, -0.2) is 4.98 Å². The first-order valence-corrected chi connectivity index (χ1v) is 9.67. The van der Waals surface area contributed by atoms with Gasteiger partial charge in [0, 0.05) is 19.2 Å². The number of rotatable bonds is 4. The molecule has 2 heterocycles. The van der Waals surface area contributed by atoms with E-state index in [1.54, 1.807) is 12.1 Å². The number of imidazole rings is 1. The molecule has 1 aliphatic heterocycles. The number of aromatic nitrogens is 2. The van der Waals surface area contributed by atoms with Crippen molar-refractivity contribution in [3.63, 3.8) is 0 Å². The highest BCUT2D eigenvalue weighted by molar-refractivity contribution is 5.91. The van der Waals surface area contributed by atoms with Crippen LogP contribution >= 0.6 is 0 Å². The number of piperidine rings is 1. The Bertz CT molecular complexity index is 1150. The maximum Gasteiger partial charge on any atom is 0.293 e. The molecule has 0 radical (unpaired) electrons. The molecule has 0 spiro atoms. The number of fused-ring (bicyclic) bond motifs is 1. The van der Waals surface area contributed by atoms with Gasteiger partial charge in [-0.3, -0.25) is 10.1 Å². The molecule has 0 amide bonds. The van der Waals surface area contributed by atoms with Gasteiger partial charge in [-0.1, -0.05) is 12.1 Å². The third kappa shape index (κ3) is 3.83. The molecule has 3 aromatic rings.